The lowest BCUT2D eigenvalue weighted by atomic mass is 9.74. The fraction of sp³-hybridized carbons (Fsp3) is 0.769. The average Bonchev–Trinajstić information content (AvgIpc) is 3.10. The summed E-state index contributed by atoms with van der Waals surface area (Å²) in [6.07, 6.45) is -6.82. The molecule has 1 unspecified atom stereocenters. The Morgan fingerprint density at radius 1 is 1.00 bits per heavy atom. The number of Topliss-reactive ketones (excluding diaryl/α,β-unsaturated/α-hetero) is 1. The van der Waals surface area contributed by atoms with E-state index in [9.17, 15) is 29.7 Å². The largest absolute Gasteiger partial charge is 0.497 e. The lowest BCUT2D eigenvalue weighted by molar-refractivity contribution is -0.301. The quantitative estimate of drug-likeness (QED) is 0.316. The molecule has 2 fully saturated rings. The van der Waals surface area contributed by atoms with Gasteiger partial charge in [0.15, 0.2) is 6.29 Å². The van der Waals surface area contributed by atoms with Crippen molar-refractivity contribution in [1.29, 1.82) is 0 Å². The number of ketones is 1. The first kappa shape index (κ1) is 43.8. The van der Waals surface area contributed by atoms with Crippen LogP contribution >= 0.6 is 0 Å². The van der Waals surface area contributed by atoms with Crippen LogP contribution < -0.4 is 4.74 Å². The third-order valence-corrected chi connectivity index (χ3v) is 11.3. The number of benzene rings is 1. The summed E-state index contributed by atoms with van der Waals surface area (Å²) in [6.45, 7) is 13.3. The number of methoxy groups -OCH3 is 2. The SMILES string of the molecule is CC[C@H]1OC(=O)[C@H](C)[C@@H](OC(=O)Cc2ccc(OC)cc2)[C@H](C)[C@@H](OC2O[C@H](C)C[C@H](N(C)C)[C@H]2O)[C@@](C)(OC)C[C@@H](C)C(=O)[C@H](C)[C@@H](O)[C@]1(C)O. The molecule has 0 aliphatic carbocycles. The van der Waals surface area contributed by atoms with E-state index in [0.29, 0.717) is 17.7 Å². The highest BCUT2D eigenvalue weighted by molar-refractivity contribution is 5.83. The first-order valence-electron chi connectivity index (χ1n) is 18.4. The summed E-state index contributed by atoms with van der Waals surface area (Å²) in [4.78, 5) is 43.5. The van der Waals surface area contributed by atoms with Crippen molar-refractivity contribution >= 4 is 17.7 Å². The number of hydrogen-bond acceptors (Lipinski definition) is 13. The molecule has 1 aromatic rings. The molecule has 0 amide bonds. The van der Waals surface area contributed by atoms with E-state index in [1.807, 2.05) is 25.9 Å². The molecule has 0 spiro atoms. The molecule has 0 saturated carbocycles. The van der Waals surface area contributed by atoms with Crippen molar-refractivity contribution in [2.45, 2.75) is 141 Å². The Morgan fingerprint density at radius 2 is 1.62 bits per heavy atom. The molecule has 2 aliphatic rings. The van der Waals surface area contributed by atoms with Crippen molar-refractivity contribution in [1.82, 2.24) is 4.90 Å². The lowest BCUT2D eigenvalue weighted by Crippen LogP contribution is -2.60. The van der Waals surface area contributed by atoms with Gasteiger partial charge in [-0.1, -0.05) is 39.8 Å². The molecule has 3 N–H and O–H groups in total. The Balaban J connectivity index is 2.18. The van der Waals surface area contributed by atoms with Crippen LogP contribution in [-0.4, -0.2) is 126 Å². The van der Waals surface area contributed by atoms with Gasteiger partial charge in [0.25, 0.3) is 0 Å². The molecule has 2 saturated heterocycles. The maximum absolute atomic E-state index is 14.0. The molecule has 3 rings (SSSR count). The first-order valence-corrected chi connectivity index (χ1v) is 18.4. The fourth-order valence-electron chi connectivity index (χ4n) is 7.89. The van der Waals surface area contributed by atoms with Gasteiger partial charge in [0, 0.05) is 30.9 Å². The van der Waals surface area contributed by atoms with Gasteiger partial charge in [-0.3, -0.25) is 14.4 Å². The van der Waals surface area contributed by atoms with Crippen molar-refractivity contribution in [2.75, 3.05) is 28.3 Å². The molecule has 52 heavy (non-hydrogen) atoms. The zero-order chi connectivity index (χ0) is 39.3. The minimum Gasteiger partial charge on any atom is -0.497 e. The first-order chi connectivity index (χ1) is 24.2. The van der Waals surface area contributed by atoms with Crippen LogP contribution in [0.2, 0.25) is 0 Å². The highest BCUT2D eigenvalue weighted by atomic mass is 16.7. The normalized spacial score (nSPS) is 39.8. The topological polar surface area (TPSA) is 171 Å². The lowest BCUT2D eigenvalue weighted by Gasteiger charge is -2.48. The summed E-state index contributed by atoms with van der Waals surface area (Å²) in [5, 5.41) is 34.5. The van der Waals surface area contributed by atoms with Crippen molar-refractivity contribution in [3.8, 4) is 5.75 Å². The highest BCUT2D eigenvalue weighted by Crippen LogP contribution is 2.40. The molecule has 2 aliphatic heterocycles. The second-order valence-electron chi connectivity index (χ2n) is 15.6. The maximum Gasteiger partial charge on any atom is 0.312 e. The van der Waals surface area contributed by atoms with Crippen LogP contribution in [0, 0.1) is 23.7 Å². The van der Waals surface area contributed by atoms with E-state index in [1.165, 1.54) is 21.0 Å². The monoisotopic (exact) mass is 737 g/mol. The summed E-state index contributed by atoms with van der Waals surface area (Å²) in [7, 11) is 6.75. The number of esters is 2. The molecule has 13 nitrogen and oxygen atoms in total. The van der Waals surface area contributed by atoms with Crippen molar-refractivity contribution in [3.63, 3.8) is 0 Å². The van der Waals surface area contributed by atoms with E-state index in [4.69, 9.17) is 28.4 Å². The molecule has 0 bridgehead atoms. The molecule has 13 heteroatoms. The standard InChI is InChI=1S/C39H63NO12/c1-13-29-39(8,46)34(44)23(4)31(42)21(2)20-38(7,48-12)35(52-37-32(43)28(40(9)10)18-22(3)49-37)24(5)33(25(6)36(45)50-29)51-30(41)19-26-14-16-27(47-11)17-15-26/h14-17,21-25,28-29,32-35,37,43-44,46H,13,18-20H2,1-12H3/t21-,22-,23+,24+,25-,28+,29-,32-,33+,34-,35-,37?,38+,39-/m1/s1. The van der Waals surface area contributed by atoms with E-state index >= 15 is 0 Å². The van der Waals surface area contributed by atoms with Crippen molar-refractivity contribution < 1.29 is 58.1 Å². The minimum absolute atomic E-state index is 0.0779. The smallest absolute Gasteiger partial charge is 0.312 e. The summed E-state index contributed by atoms with van der Waals surface area (Å²) in [5.74, 6) is -4.79. The Hall–Kier alpha value is -2.65. The summed E-state index contributed by atoms with van der Waals surface area (Å²) in [5.41, 5.74) is -2.62. The minimum atomic E-state index is -1.99. The van der Waals surface area contributed by atoms with Crippen LogP contribution in [0.25, 0.3) is 0 Å². The van der Waals surface area contributed by atoms with Gasteiger partial charge in [-0.15, -0.1) is 0 Å². The van der Waals surface area contributed by atoms with Crippen molar-refractivity contribution in [3.05, 3.63) is 29.8 Å². The number of aliphatic hydroxyl groups excluding tert-OH is 2. The molecule has 2 heterocycles. The Labute approximate surface area is 309 Å². The summed E-state index contributed by atoms with van der Waals surface area (Å²) in [6, 6.07) is 6.64. The maximum atomic E-state index is 14.0. The number of cyclic esters (lactones) is 1. The number of nitrogens with zero attached hydrogens (tertiary/aromatic N) is 1. The predicted molar refractivity (Wildman–Crippen MR) is 192 cm³/mol. The van der Waals surface area contributed by atoms with Gasteiger partial charge >= 0.3 is 11.9 Å². The predicted octanol–water partition coefficient (Wildman–Crippen LogP) is 3.32. The third-order valence-electron chi connectivity index (χ3n) is 11.3. The zero-order valence-electron chi connectivity index (χ0n) is 33.0. The molecule has 296 valence electrons. The number of hydrogen-bond donors (Lipinski definition) is 3. The second-order valence-corrected chi connectivity index (χ2v) is 15.6. The fourth-order valence-corrected chi connectivity index (χ4v) is 7.89. The van der Waals surface area contributed by atoms with Gasteiger partial charge in [0.2, 0.25) is 0 Å². The molecule has 1 aromatic carbocycles. The number of rotatable bonds is 9. The molecule has 0 radical (unpaired) electrons. The van der Waals surface area contributed by atoms with Crippen LogP contribution in [0.4, 0.5) is 0 Å². The van der Waals surface area contributed by atoms with Gasteiger partial charge in [-0.2, -0.15) is 0 Å². The van der Waals surface area contributed by atoms with Crippen LogP contribution in [0.5, 0.6) is 5.75 Å². The van der Waals surface area contributed by atoms with Crippen molar-refractivity contribution in [2.24, 2.45) is 23.7 Å². The highest BCUT2D eigenvalue weighted by Gasteiger charge is 2.53. The zero-order valence-corrected chi connectivity index (χ0v) is 33.0. The van der Waals surface area contributed by atoms with Gasteiger partial charge in [0.1, 0.15) is 35.4 Å². The van der Waals surface area contributed by atoms with Gasteiger partial charge in [0.05, 0.1) is 43.4 Å². The number of carbonyl (C=O) groups is 3. The second kappa shape index (κ2) is 18.1. The number of likely N-dealkylation sites (N-methyl/N-ethyl adjacent to an activating group) is 1. The van der Waals surface area contributed by atoms with E-state index < -0.39 is 83.6 Å². The molecule has 14 atom stereocenters. The number of ether oxygens (including phenoxy) is 6. The van der Waals surface area contributed by atoms with Crippen LogP contribution in [-0.2, 0) is 44.5 Å². The number of aliphatic hydroxyl groups is 3. The van der Waals surface area contributed by atoms with Gasteiger partial charge < -0.3 is 48.6 Å². The van der Waals surface area contributed by atoms with Gasteiger partial charge in [-0.05, 0) is 78.7 Å². The van der Waals surface area contributed by atoms with E-state index in [0.717, 1.165) is 0 Å². The molecular formula is C39H63NO12. The molecule has 0 aromatic heterocycles. The van der Waals surface area contributed by atoms with Crippen LogP contribution in [0.1, 0.15) is 80.2 Å². The summed E-state index contributed by atoms with van der Waals surface area (Å²) >= 11 is 0. The number of carbonyl (C=O) groups excluding carboxylic acids is 3. The Bertz CT molecular complexity index is 1340. The van der Waals surface area contributed by atoms with E-state index in [-0.39, 0.29) is 37.2 Å². The third kappa shape index (κ3) is 9.90. The Kier molecular flexibility index (Phi) is 15.2. The summed E-state index contributed by atoms with van der Waals surface area (Å²) < 4.78 is 36.4. The van der Waals surface area contributed by atoms with Gasteiger partial charge in [-0.25, -0.2) is 0 Å². The van der Waals surface area contributed by atoms with E-state index in [1.54, 1.807) is 66.0 Å². The Morgan fingerprint density at radius 3 is 2.15 bits per heavy atom. The average molecular weight is 738 g/mol. The van der Waals surface area contributed by atoms with Crippen LogP contribution in [0.3, 0.4) is 0 Å². The van der Waals surface area contributed by atoms with E-state index in [2.05, 4.69) is 0 Å². The van der Waals surface area contributed by atoms with Crippen LogP contribution in [0.15, 0.2) is 24.3 Å². The molecular weight excluding hydrogens is 674 g/mol.